The van der Waals surface area contributed by atoms with Crippen LogP contribution in [0, 0.1) is 0 Å². The third kappa shape index (κ3) is 8.09. The fourth-order valence-corrected chi connectivity index (χ4v) is 8.24. The summed E-state index contributed by atoms with van der Waals surface area (Å²) >= 11 is 0. The summed E-state index contributed by atoms with van der Waals surface area (Å²) in [4.78, 5) is 95.9. The zero-order valence-corrected chi connectivity index (χ0v) is 38.0. The van der Waals surface area contributed by atoms with E-state index in [1.54, 1.807) is 0 Å². The molecular weight excluding hydrogens is 1060 g/mol. The summed E-state index contributed by atoms with van der Waals surface area (Å²) in [5.41, 5.74) is -11.1. The monoisotopic (exact) mass is 1090 g/mol. The standard InChI is InChI=1S/C48H30O30/c49-8-24(74-48(71)15-6-20(54)32(60)37(65)38(15)73-23-7-14-28-27-13(46(69)78-42(28)34(23)62)5-21(55)33(61)41(27)77-47(14)70)40(76-43(66)10-1-16(50)29(57)17(51)2-10)39-22(56)9-72-44(67)11-3-18(52)30(58)35(63)25(11)26-12(45(68)75-39)4-19(53)31(59)36(26)64/h1-8,22,24,39-40,50-65H,9H2/t22-,24+,39-,40-/m1/s1. The Morgan fingerprint density at radius 1 is 0.538 bits per heavy atom. The number of rotatable bonds is 9. The van der Waals surface area contributed by atoms with Crippen LogP contribution in [0.1, 0.15) is 41.4 Å². The number of hydrogen-bond donors (Lipinski definition) is 16. The molecule has 0 unspecified atom stereocenters. The molecule has 1 aliphatic heterocycles. The molecule has 0 amide bonds. The first-order chi connectivity index (χ1) is 36.7. The van der Waals surface area contributed by atoms with Gasteiger partial charge in [0.1, 0.15) is 18.3 Å². The minimum absolute atomic E-state index is 0.276. The molecule has 3 heterocycles. The molecular formula is C48H30O30. The molecule has 0 bridgehead atoms. The van der Waals surface area contributed by atoms with Gasteiger partial charge in [-0.2, -0.15) is 0 Å². The highest BCUT2D eigenvalue weighted by Crippen LogP contribution is 2.54. The fraction of sp³-hybridized carbons (Fsp3) is 0.104. The lowest BCUT2D eigenvalue weighted by molar-refractivity contribution is -0.142. The van der Waals surface area contributed by atoms with Gasteiger partial charge in [-0.1, -0.05) is 0 Å². The largest absolute Gasteiger partial charge is 0.504 e. The topological polar surface area (TPSA) is 516 Å². The van der Waals surface area contributed by atoms with Crippen molar-refractivity contribution >= 4 is 62.9 Å². The number of aromatic hydroxyl groups is 15. The van der Waals surface area contributed by atoms with Crippen LogP contribution >= 0.6 is 0 Å². The maximum atomic E-state index is 14.4. The van der Waals surface area contributed by atoms with Crippen LogP contribution in [0.15, 0.2) is 60.9 Å². The second-order valence-electron chi connectivity index (χ2n) is 16.6. The van der Waals surface area contributed by atoms with E-state index >= 15 is 0 Å². The Morgan fingerprint density at radius 3 is 1.59 bits per heavy atom. The molecule has 30 heteroatoms. The predicted octanol–water partition coefficient (Wildman–Crippen LogP) is 2.24. The minimum Gasteiger partial charge on any atom is -0.504 e. The summed E-state index contributed by atoms with van der Waals surface area (Å²) in [6.45, 7) is -1.48. The van der Waals surface area contributed by atoms with Crippen LogP contribution in [0.4, 0.5) is 0 Å². The molecule has 0 saturated heterocycles. The number of carbonyl (C=O) groups is 5. The van der Waals surface area contributed by atoms with E-state index in [-0.39, 0.29) is 11.5 Å². The quantitative estimate of drug-likeness (QED) is 0.0246. The van der Waals surface area contributed by atoms with Crippen molar-refractivity contribution in [3.8, 4) is 109 Å². The molecule has 9 rings (SSSR count). The van der Waals surface area contributed by atoms with Crippen LogP contribution in [-0.2, 0) is 23.7 Å². The Bertz CT molecular complexity index is 4050. The highest BCUT2D eigenvalue weighted by atomic mass is 16.6. The van der Waals surface area contributed by atoms with E-state index in [2.05, 4.69) is 0 Å². The number of hydrogen-bond acceptors (Lipinski definition) is 30. The van der Waals surface area contributed by atoms with Gasteiger partial charge < -0.3 is 114 Å². The molecule has 2 aromatic heterocycles. The first-order valence-corrected chi connectivity index (χ1v) is 21.4. The van der Waals surface area contributed by atoms with Crippen molar-refractivity contribution in [3.05, 3.63) is 85.6 Å². The van der Waals surface area contributed by atoms with Crippen molar-refractivity contribution in [2.45, 2.75) is 24.4 Å². The number of aliphatic hydroxyl groups is 1. The Labute approximate surface area is 425 Å². The number of cyclic esters (lactones) is 2. The molecule has 6 aromatic carbocycles. The van der Waals surface area contributed by atoms with Crippen molar-refractivity contribution < 1.29 is 138 Å². The van der Waals surface area contributed by atoms with Crippen LogP contribution in [-0.4, -0.2) is 143 Å². The highest BCUT2D eigenvalue weighted by Gasteiger charge is 2.46. The Hall–Kier alpha value is -11.4. The van der Waals surface area contributed by atoms with Gasteiger partial charge in [0.15, 0.2) is 99.0 Å². The maximum absolute atomic E-state index is 14.4. The van der Waals surface area contributed by atoms with Crippen LogP contribution in [0.2, 0.25) is 0 Å². The van der Waals surface area contributed by atoms with E-state index in [1.165, 1.54) is 0 Å². The fourth-order valence-electron chi connectivity index (χ4n) is 8.24. The van der Waals surface area contributed by atoms with Gasteiger partial charge in [-0.3, -0.25) is 4.79 Å². The van der Waals surface area contributed by atoms with Gasteiger partial charge in [-0.15, -0.1) is 0 Å². The number of phenols is 15. The lowest BCUT2D eigenvalue weighted by Gasteiger charge is -2.32. The van der Waals surface area contributed by atoms with Gasteiger partial charge in [0.05, 0.1) is 27.5 Å². The molecule has 16 N–H and O–H groups in total. The lowest BCUT2D eigenvalue weighted by atomic mass is 9.92. The Morgan fingerprint density at radius 2 is 1.03 bits per heavy atom. The molecule has 8 aromatic rings. The van der Waals surface area contributed by atoms with Gasteiger partial charge in [-0.05, 0) is 30.3 Å². The second-order valence-corrected chi connectivity index (χ2v) is 16.6. The van der Waals surface area contributed by atoms with E-state index in [9.17, 15) is 115 Å². The number of phenolic OH excluding ortho intramolecular Hbond substituents is 15. The number of ether oxygens (including phenoxy) is 5. The summed E-state index contributed by atoms with van der Waals surface area (Å²) in [5.74, 6) is -29.6. The molecule has 78 heavy (non-hydrogen) atoms. The molecule has 0 radical (unpaired) electrons. The zero-order chi connectivity index (χ0) is 56.8. The Kier molecular flexibility index (Phi) is 12.2. The number of fused-ring (bicyclic) bond motifs is 3. The van der Waals surface area contributed by atoms with E-state index in [0.717, 1.165) is 6.07 Å². The highest BCUT2D eigenvalue weighted by molar-refractivity contribution is 6.22. The molecule has 1 aliphatic rings. The smallest absolute Gasteiger partial charge is 0.344 e. The number of benzene rings is 6. The molecule has 0 aliphatic carbocycles. The molecule has 0 saturated carbocycles. The van der Waals surface area contributed by atoms with Crippen molar-refractivity contribution in [1.82, 2.24) is 0 Å². The SMILES string of the molecule is O=C[C@H](OC(=O)c1cc(O)c(O)c(O)c1Oc1cc2c(=O)oc3c(O)c(O)cc4c(=O)oc(c1O)c2c34)[C@@H](OC(=O)c1cc(O)c(O)c(O)c1)[C@@H]1OC(=O)c2cc(O)c(O)c(O)c2-c2c(cc(O)c(O)c2O)C(=O)OC[C@H]1O. The van der Waals surface area contributed by atoms with Crippen LogP contribution < -0.4 is 16.0 Å². The second kappa shape index (κ2) is 18.5. The number of esters is 4. The average Bonchev–Trinajstić information content (AvgIpc) is 3.61. The van der Waals surface area contributed by atoms with Crippen molar-refractivity contribution in [3.63, 3.8) is 0 Å². The molecule has 30 nitrogen and oxygen atoms in total. The first kappa shape index (κ1) is 51.5. The first-order valence-electron chi connectivity index (χ1n) is 21.4. The van der Waals surface area contributed by atoms with Crippen LogP contribution in [0.3, 0.4) is 0 Å². The van der Waals surface area contributed by atoms with Crippen LogP contribution in [0.5, 0.6) is 97.7 Å². The third-order valence-electron chi connectivity index (χ3n) is 12.0. The van der Waals surface area contributed by atoms with Gasteiger partial charge in [0.2, 0.25) is 34.5 Å². The van der Waals surface area contributed by atoms with Gasteiger partial charge >= 0.3 is 35.1 Å². The van der Waals surface area contributed by atoms with Crippen LogP contribution in [0.25, 0.3) is 43.8 Å². The molecule has 0 fully saturated rings. The Balaban J connectivity index is 1.17. The zero-order valence-electron chi connectivity index (χ0n) is 38.0. The summed E-state index contributed by atoms with van der Waals surface area (Å²) in [6, 6.07) is 3.30. The maximum Gasteiger partial charge on any atom is 0.344 e. The summed E-state index contributed by atoms with van der Waals surface area (Å²) < 4.78 is 37.1. The summed E-state index contributed by atoms with van der Waals surface area (Å²) in [6.07, 6.45) is -11.6. The van der Waals surface area contributed by atoms with Gasteiger partial charge in [-0.25, -0.2) is 28.8 Å². The number of carbonyl (C=O) groups excluding carboxylic acids is 5. The lowest BCUT2D eigenvalue weighted by Crippen LogP contribution is -2.52. The van der Waals surface area contributed by atoms with Gasteiger partial charge in [0, 0.05) is 34.0 Å². The molecule has 0 spiro atoms. The number of aldehydes is 1. The van der Waals surface area contributed by atoms with Crippen molar-refractivity contribution in [2.75, 3.05) is 6.61 Å². The predicted molar refractivity (Wildman–Crippen MR) is 247 cm³/mol. The van der Waals surface area contributed by atoms with E-state index < -0.39 is 231 Å². The average molecular weight is 1090 g/mol. The minimum atomic E-state index is -2.88. The summed E-state index contributed by atoms with van der Waals surface area (Å²) in [7, 11) is 0. The van der Waals surface area contributed by atoms with Gasteiger partial charge in [0.25, 0.3) is 0 Å². The van der Waals surface area contributed by atoms with Crippen molar-refractivity contribution in [2.24, 2.45) is 0 Å². The van der Waals surface area contributed by atoms with E-state index in [0.29, 0.717) is 30.3 Å². The number of aliphatic hydroxyl groups excluding tert-OH is 1. The molecule has 402 valence electrons. The summed E-state index contributed by atoms with van der Waals surface area (Å²) in [5, 5.41) is 168. The normalized spacial score (nSPS) is 15.3. The van der Waals surface area contributed by atoms with E-state index in [4.69, 9.17) is 32.5 Å². The van der Waals surface area contributed by atoms with Crippen molar-refractivity contribution in [1.29, 1.82) is 0 Å². The van der Waals surface area contributed by atoms with E-state index in [1.807, 2.05) is 0 Å². The molecule has 4 atom stereocenters. The third-order valence-corrected chi connectivity index (χ3v) is 12.0.